The van der Waals surface area contributed by atoms with Gasteiger partial charge in [-0.2, -0.15) is 11.8 Å². The molecule has 0 amide bonds. The Bertz CT molecular complexity index is 326. The molecule has 0 aromatic carbocycles. The van der Waals surface area contributed by atoms with E-state index in [1.54, 1.807) is 0 Å². The zero-order chi connectivity index (χ0) is 12.4. The van der Waals surface area contributed by atoms with Crippen molar-refractivity contribution < 1.29 is 0 Å². The van der Waals surface area contributed by atoms with E-state index >= 15 is 0 Å². The van der Waals surface area contributed by atoms with E-state index < -0.39 is 0 Å². The number of hydrogen-bond donors (Lipinski definition) is 1. The van der Waals surface area contributed by atoms with Crippen molar-refractivity contribution in [2.75, 3.05) is 18.1 Å². The second-order valence-electron chi connectivity index (χ2n) is 6.18. The fourth-order valence-corrected chi connectivity index (χ4v) is 5.85. The molecule has 3 aliphatic rings. The summed E-state index contributed by atoms with van der Waals surface area (Å²) in [5.41, 5.74) is 0.393. The summed E-state index contributed by atoms with van der Waals surface area (Å²) in [6, 6.07) is 0. The van der Waals surface area contributed by atoms with Gasteiger partial charge in [0.2, 0.25) is 0 Å². The van der Waals surface area contributed by atoms with E-state index in [9.17, 15) is 0 Å². The average molecular weight is 284 g/mol. The number of amidine groups is 1. The third-order valence-corrected chi connectivity index (χ3v) is 6.99. The first-order valence-corrected chi connectivity index (χ1v) is 9.36. The third-order valence-electron chi connectivity index (χ3n) is 4.41. The minimum atomic E-state index is 0.393. The van der Waals surface area contributed by atoms with Crippen LogP contribution in [0.5, 0.6) is 0 Å². The second-order valence-corrected chi connectivity index (χ2v) is 8.55. The van der Waals surface area contributed by atoms with Gasteiger partial charge in [-0.1, -0.05) is 31.5 Å². The maximum atomic E-state index is 4.83. The van der Waals surface area contributed by atoms with Gasteiger partial charge in [0.05, 0.1) is 6.54 Å². The summed E-state index contributed by atoms with van der Waals surface area (Å²) in [5, 5.41) is 5.79. The lowest BCUT2D eigenvalue weighted by atomic mass is 9.78. The Morgan fingerprint density at radius 3 is 3.11 bits per heavy atom. The molecule has 1 N–H and O–H groups in total. The van der Waals surface area contributed by atoms with E-state index in [2.05, 4.69) is 24.0 Å². The number of aliphatic imine (C=N–C) groups is 1. The molecule has 3 fully saturated rings. The second kappa shape index (κ2) is 5.66. The summed E-state index contributed by atoms with van der Waals surface area (Å²) in [4.78, 5) is 4.83. The molecule has 0 aromatic heterocycles. The molecule has 18 heavy (non-hydrogen) atoms. The van der Waals surface area contributed by atoms with Crippen LogP contribution in [0.15, 0.2) is 4.99 Å². The molecule has 3 unspecified atom stereocenters. The molecule has 1 spiro atoms. The molecular weight excluding hydrogens is 260 g/mol. The first-order chi connectivity index (χ1) is 8.76. The molecular formula is C14H24N2S2. The molecule has 2 saturated heterocycles. The standard InChI is InChI=1S/C14H24N2S2/c1-11-4-2-6-14(8-11)10-18-13(16-14)15-9-12-5-3-7-17-12/h11-12H,2-10H2,1H3,(H,15,16). The van der Waals surface area contributed by atoms with Gasteiger partial charge in [-0.05, 0) is 37.4 Å². The minimum absolute atomic E-state index is 0.393. The summed E-state index contributed by atoms with van der Waals surface area (Å²) in [6.07, 6.45) is 8.26. The first kappa shape index (κ1) is 13.2. The van der Waals surface area contributed by atoms with E-state index in [4.69, 9.17) is 4.99 Å². The van der Waals surface area contributed by atoms with Crippen LogP contribution in [0, 0.1) is 5.92 Å². The summed E-state index contributed by atoms with van der Waals surface area (Å²) >= 11 is 4.07. The number of nitrogens with one attached hydrogen (secondary N) is 1. The highest BCUT2D eigenvalue weighted by molar-refractivity contribution is 8.14. The molecule has 0 radical (unpaired) electrons. The van der Waals surface area contributed by atoms with E-state index in [1.807, 2.05) is 11.8 Å². The molecule has 4 heteroatoms. The van der Waals surface area contributed by atoms with Crippen LogP contribution >= 0.6 is 23.5 Å². The molecule has 1 aliphatic carbocycles. The molecule has 3 atom stereocenters. The summed E-state index contributed by atoms with van der Waals surface area (Å²) in [5.74, 6) is 3.47. The summed E-state index contributed by atoms with van der Waals surface area (Å²) in [6.45, 7) is 3.43. The minimum Gasteiger partial charge on any atom is -0.359 e. The highest BCUT2D eigenvalue weighted by Crippen LogP contribution is 2.38. The highest BCUT2D eigenvalue weighted by Gasteiger charge is 2.40. The van der Waals surface area contributed by atoms with Crippen molar-refractivity contribution in [1.82, 2.24) is 5.32 Å². The van der Waals surface area contributed by atoms with Crippen molar-refractivity contribution in [3.8, 4) is 0 Å². The zero-order valence-electron chi connectivity index (χ0n) is 11.3. The van der Waals surface area contributed by atoms with Gasteiger partial charge in [0.1, 0.15) is 0 Å². The van der Waals surface area contributed by atoms with Gasteiger partial charge in [-0.15, -0.1) is 0 Å². The van der Waals surface area contributed by atoms with Crippen LogP contribution in [0.3, 0.4) is 0 Å². The van der Waals surface area contributed by atoms with Crippen molar-refractivity contribution in [3.63, 3.8) is 0 Å². The molecule has 0 bridgehead atoms. The Morgan fingerprint density at radius 2 is 2.33 bits per heavy atom. The van der Waals surface area contributed by atoms with Gasteiger partial charge in [0.15, 0.2) is 5.17 Å². The van der Waals surface area contributed by atoms with Gasteiger partial charge in [0, 0.05) is 16.5 Å². The Balaban J connectivity index is 1.55. The smallest absolute Gasteiger partial charge is 0.157 e. The molecule has 3 rings (SSSR count). The van der Waals surface area contributed by atoms with Gasteiger partial charge < -0.3 is 5.32 Å². The molecule has 2 heterocycles. The van der Waals surface area contributed by atoms with Crippen molar-refractivity contribution in [2.45, 2.75) is 56.2 Å². The fraction of sp³-hybridized carbons (Fsp3) is 0.929. The van der Waals surface area contributed by atoms with Gasteiger partial charge in [0.25, 0.3) is 0 Å². The monoisotopic (exact) mass is 284 g/mol. The first-order valence-electron chi connectivity index (χ1n) is 7.33. The Morgan fingerprint density at radius 1 is 1.39 bits per heavy atom. The quantitative estimate of drug-likeness (QED) is 0.839. The van der Waals surface area contributed by atoms with E-state index in [0.29, 0.717) is 5.54 Å². The topological polar surface area (TPSA) is 24.4 Å². The lowest BCUT2D eigenvalue weighted by molar-refractivity contribution is 0.242. The summed E-state index contributed by atoms with van der Waals surface area (Å²) < 4.78 is 0. The number of hydrogen-bond acceptors (Lipinski definition) is 3. The predicted octanol–water partition coefficient (Wildman–Crippen LogP) is 3.52. The highest BCUT2D eigenvalue weighted by atomic mass is 32.2. The van der Waals surface area contributed by atoms with Gasteiger partial charge >= 0.3 is 0 Å². The SMILES string of the molecule is CC1CCCC2(CSC(=NCC3CCCS3)N2)C1. The van der Waals surface area contributed by atoms with E-state index in [-0.39, 0.29) is 0 Å². The van der Waals surface area contributed by atoms with Crippen molar-refractivity contribution in [2.24, 2.45) is 10.9 Å². The summed E-state index contributed by atoms with van der Waals surface area (Å²) in [7, 11) is 0. The molecule has 0 aromatic rings. The largest absolute Gasteiger partial charge is 0.359 e. The van der Waals surface area contributed by atoms with Gasteiger partial charge in [-0.25, -0.2) is 0 Å². The molecule has 2 nitrogen and oxygen atoms in total. The lowest BCUT2D eigenvalue weighted by Gasteiger charge is -2.36. The van der Waals surface area contributed by atoms with Crippen molar-refractivity contribution in [3.05, 3.63) is 0 Å². The maximum Gasteiger partial charge on any atom is 0.157 e. The zero-order valence-corrected chi connectivity index (χ0v) is 12.9. The predicted molar refractivity (Wildman–Crippen MR) is 83.7 cm³/mol. The molecule has 2 aliphatic heterocycles. The maximum absolute atomic E-state index is 4.83. The molecule has 1 saturated carbocycles. The number of nitrogens with zero attached hydrogens (tertiary/aromatic N) is 1. The van der Waals surface area contributed by atoms with Crippen LogP contribution in [0.4, 0.5) is 0 Å². The number of thioether (sulfide) groups is 2. The van der Waals surface area contributed by atoms with Crippen LogP contribution in [-0.2, 0) is 0 Å². The van der Waals surface area contributed by atoms with Crippen LogP contribution < -0.4 is 5.32 Å². The fourth-order valence-electron chi connectivity index (χ4n) is 3.47. The Hall–Kier alpha value is 0.170. The Kier molecular flexibility index (Phi) is 4.14. The van der Waals surface area contributed by atoms with Crippen LogP contribution in [0.1, 0.15) is 45.4 Å². The van der Waals surface area contributed by atoms with E-state index in [0.717, 1.165) is 17.7 Å². The van der Waals surface area contributed by atoms with Crippen LogP contribution in [0.2, 0.25) is 0 Å². The Labute approximate surface area is 119 Å². The van der Waals surface area contributed by atoms with Crippen molar-refractivity contribution in [1.29, 1.82) is 0 Å². The van der Waals surface area contributed by atoms with E-state index in [1.165, 1.54) is 55.2 Å². The third kappa shape index (κ3) is 3.01. The van der Waals surface area contributed by atoms with Crippen LogP contribution in [-0.4, -0.2) is 34.0 Å². The van der Waals surface area contributed by atoms with Crippen molar-refractivity contribution >= 4 is 28.7 Å². The molecule has 102 valence electrons. The lowest BCUT2D eigenvalue weighted by Crippen LogP contribution is -2.47. The van der Waals surface area contributed by atoms with Gasteiger partial charge in [-0.3, -0.25) is 4.99 Å². The average Bonchev–Trinajstić information content (AvgIpc) is 2.97. The normalized spacial score (nSPS) is 42.6. The van der Waals surface area contributed by atoms with Crippen LogP contribution in [0.25, 0.3) is 0 Å². The number of rotatable bonds is 2.